The molecule has 21 unspecified atom stereocenters. The Labute approximate surface area is 640 Å². The fourth-order valence-corrected chi connectivity index (χ4v) is 20.6. The van der Waals surface area contributed by atoms with Crippen molar-refractivity contribution in [2.24, 2.45) is 59.2 Å². The number of methoxy groups -OCH3 is 3. The van der Waals surface area contributed by atoms with E-state index in [0.29, 0.717) is 166 Å². The average Bonchev–Trinajstić information content (AvgIpc) is 1.60. The lowest BCUT2D eigenvalue weighted by Crippen LogP contribution is -2.61. The zero-order valence-corrected chi connectivity index (χ0v) is 67.7. The van der Waals surface area contributed by atoms with Crippen molar-refractivity contribution in [1.82, 2.24) is 42.5 Å². The van der Waals surface area contributed by atoms with Crippen LogP contribution in [0.4, 0.5) is 0 Å². The molecule has 5 aliphatic heterocycles. The third-order valence-electron chi connectivity index (χ3n) is 26.4. The molecule has 0 aromatic heterocycles. The highest BCUT2D eigenvalue weighted by atomic mass is 16.6. The van der Waals surface area contributed by atoms with E-state index in [1.165, 1.54) is 205 Å². The summed E-state index contributed by atoms with van der Waals surface area (Å²) in [7, 11) is 5.13. The summed E-state index contributed by atoms with van der Waals surface area (Å²) in [6, 6.07) is 0. The lowest BCUT2D eigenvalue weighted by Gasteiger charge is -2.43. The van der Waals surface area contributed by atoms with Crippen LogP contribution in [0.3, 0.4) is 0 Å². The Kier molecular flexibility index (Phi) is 45.4. The highest BCUT2D eigenvalue weighted by Gasteiger charge is 2.57. The van der Waals surface area contributed by atoms with Crippen molar-refractivity contribution in [1.29, 1.82) is 0 Å². The van der Waals surface area contributed by atoms with Gasteiger partial charge in [0.15, 0.2) is 0 Å². The Morgan fingerprint density at radius 3 is 0.648 bits per heavy atom. The summed E-state index contributed by atoms with van der Waals surface area (Å²) < 4.78 is 71.0. The SMILES string of the molecule is CCCCCCCCCCCCCCCCC1CC2C3NC4NC(NC5NC(NC6NC(NC(N3)C2CC1CCCCCCCCCCCCCCCC)C1CC(OCCOCCOCCOC)CCC61)C1CC(OCCOCCOCCOC)CCC51)C1CC(OCCOCCOCCOC)CCC41. The van der Waals surface area contributed by atoms with Gasteiger partial charge in [0.2, 0.25) is 0 Å². The van der Waals surface area contributed by atoms with Gasteiger partial charge in [-0.3, -0.25) is 42.5 Å². The minimum atomic E-state index is 0.108. The molecule has 105 heavy (non-hydrogen) atoms. The van der Waals surface area contributed by atoms with Crippen LogP contribution < -0.4 is 42.5 Å². The van der Waals surface area contributed by atoms with E-state index in [-0.39, 0.29) is 67.6 Å². The zero-order chi connectivity index (χ0) is 73.0. The van der Waals surface area contributed by atoms with Gasteiger partial charge in [0, 0.05) is 21.3 Å². The molecule has 9 aliphatic rings. The fourth-order valence-electron chi connectivity index (χ4n) is 20.6. The van der Waals surface area contributed by atoms with E-state index >= 15 is 0 Å². The maximum Gasteiger partial charge on any atom is 0.0704 e. The first-order valence-electron chi connectivity index (χ1n) is 44.8. The molecule has 20 heteroatoms. The molecule has 0 aromatic rings. The van der Waals surface area contributed by atoms with Gasteiger partial charge in [-0.25, -0.2) is 0 Å². The lowest BCUT2D eigenvalue weighted by molar-refractivity contribution is -0.0436. The largest absolute Gasteiger partial charge is 0.382 e. The average molecular weight is 1490 g/mol. The molecule has 20 nitrogen and oxygen atoms in total. The minimum absolute atomic E-state index is 0.108. The van der Waals surface area contributed by atoms with Gasteiger partial charge in [0.05, 0.1) is 187 Å². The first kappa shape index (κ1) is 88.2. The summed E-state index contributed by atoms with van der Waals surface area (Å²) in [5.74, 6) is 5.19. The first-order valence-corrected chi connectivity index (χ1v) is 44.8. The first-order chi connectivity index (χ1) is 52.0. The van der Waals surface area contributed by atoms with Crippen molar-refractivity contribution < 1.29 is 56.8 Å². The molecule has 0 amide bonds. The van der Waals surface area contributed by atoms with Crippen LogP contribution >= 0.6 is 0 Å². The third kappa shape index (κ3) is 31.5. The Bertz CT molecular complexity index is 2120. The second-order valence-electron chi connectivity index (χ2n) is 33.8. The third-order valence-corrected chi connectivity index (χ3v) is 26.4. The molecule has 4 saturated carbocycles. The van der Waals surface area contributed by atoms with Crippen LogP contribution in [0.2, 0.25) is 0 Å². The number of rotatable bonds is 60. The van der Waals surface area contributed by atoms with Gasteiger partial charge < -0.3 is 56.8 Å². The maximum atomic E-state index is 6.82. The van der Waals surface area contributed by atoms with Gasteiger partial charge >= 0.3 is 0 Å². The fraction of sp³-hybridized carbons (Fsp3) is 1.00. The lowest BCUT2D eigenvalue weighted by atomic mass is 9.65. The van der Waals surface area contributed by atoms with E-state index in [1.807, 2.05) is 0 Å². The topological polar surface area (TPSA) is 207 Å². The van der Waals surface area contributed by atoms with Gasteiger partial charge in [-0.1, -0.05) is 206 Å². The van der Waals surface area contributed by atoms with Gasteiger partial charge in [-0.15, -0.1) is 0 Å². The van der Waals surface area contributed by atoms with E-state index in [9.17, 15) is 0 Å². The normalized spacial score (nSPS) is 32.9. The molecule has 9 rings (SSSR count). The van der Waals surface area contributed by atoms with E-state index in [1.54, 1.807) is 21.3 Å². The standard InChI is InChI=1S/C85H162N8O12/c1-6-8-10-12-14-16-18-20-22-24-26-28-30-32-34-65-60-73-74(61-66(65)35-33-31-29-27-25-23-21-19-17-15-13-11-9-7-2)82-92-81(73)86-78-70-39-36-67(103-57-54-100-51-48-97-45-42-94-3)62-75(70)83(87-78)88-79-71-40-37-68(104-58-55-101-52-49-98-46-43-95-4)63-76(71)84(89-79)90-80-72-41-38-69(64-77(72)85(91-80)93-82)105-59-56-102-53-50-99-47-44-96-5/h65-93H,6-64H2,1-5H3. The van der Waals surface area contributed by atoms with Crippen LogP contribution in [-0.2, 0) is 56.8 Å². The number of nitrogens with one attached hydrogen (secondary N) is 8. The van der Waals surface area contributed by atoms with Crippen LogP contribution in [0.25, 0.3) is 0 Å². The van der Waals surface area contributed by atoms with Gasteiger partial charge in [0.1, 0.15) is 0 Å². The number of hydrogen-bond acceptors (Lipinski definition) is 20. The summed E-state index contributed by atoms with van der Waals surface area (Å²) >= 11 is 0. The molecule has 0 radical (unpaired) electrons. The van der Waals surface area contributed by atoms with Crippen molar-refractivity contribution in [2.75, 3.05) is 140 Å². The molecule has 614 valence electrons. The molecule has 5 heterocycles. The summed E-state index contributed by atoms with van der Waals surface area (Å²) in [4.78, 5) is 0. The van der Waals surface area contributed by atoms with Crippen molar-refractivity contribution in [3.8, 4) is 0 Å². The van der Waals surface area contributed by atoms with Gasteiger partial charge in [-0.05, 0) is 130 Å². The van der Waals surface area contributed by atoms with Crippen LogP contribution in [0.15, 0.2) is 0 Å². The predicted molar refractivity (Wildman–Crippen MR) is 421 cm³/mol. The number of fused-ring (bicyclic) bond motifs is 20. The quantitative estimate of drug-likeness (QED) is 0.0267. The summed E-state index contributed by atoms with van der Waals surface area (Å²) in [6.07, 6.45) is 56.4. The molecule has 8 N–H and O–H groups in total. The molecular weight excluding hydrogens is 1320 g/mol. The van der Waals surface area contributed by atoms with Crippen molar-refractivity contribution in [3.05, 3.63) is 0 Å². The van der Waals surface area contributed by atoms with Gasteiger partial charge in [0.25, 0.3) is 0 Å². The molecule has 0 spiro atoms. The molecule has 4 aliphatic carbocycles. The Morgan fingerprint density at radius 1 is 0.210 bits per heavy atom. The summed E-state index contributed by atoms with van der Waals surface area (Å²) in [6.45, 7) is 15.1. The van der Waals surface area contributed by atoms with E-state index < -0.39 is 0 Å². The second-order valence-corrected chi connectivity index (χ2v) is 33.8. The molecule has 21 atom stereocenters. The number of ether oxygens (including phenoxy) is 12. The van der Waals surface area contributed by atoms with Crippen molar-refractivity contribution in [3.63, 3.8) is 0 Å². The van der Waals surface area contributed by atoms with Crippen molar-refractivity contribution >= 4 is 0 Å². The zero-order valence-electron chi connectivity index (χ0n) is 67.7. The highest BCUT2D eigenvalue weighted by molar-refractivity contribution is 5.10. The molecular formula is C85H162N8O12. The van der Waals surface area contributed by atoms with Crippen LogP contribution in [0.1, 0.15) is 277 Å². The summed E-state index contributed by atoms with van der Waals surface area (Å²) in [5, 5.41) is 35.6. The molecule has 5 saturated heterocycles. The minimum Gasteiger partial charge on any atom is -0.382 e. The predicted octanol–water partition coefficient (Wildman–Crippen LogP) is 13.8. The molecule has 0 aromatic carbocycles. The van der Waals surface area contributed by atoms with Crippen LogP contribution in [-0.4, -0.2) is 208 Å². The molecule has 9 fully saturated rings. The Hall–Kier alpha value is -0.800. The number of hydrogen-bond donors (Lipinski definition) is 8. The van der Waals surface area contributed by atoms with E-state index in [0.717, 1.165) is 69.6 Å². The molecule has 8 bridgehead atoms. The maximum absolute atomic E-state index is 6.82. The number of unbranched alkanes of at least 4 members (excludes halogenated alkanes) is 26. The Morgan fingerprint density at radius 2 is 0.410 bits per heavy atom. The van der Waals surface area contributed by atoms with E-state index in [4.69, 9.17) is 56.8 Å². The highest BCUT2D eigenvalue weighted by Crippen LogP contribution is 2.50. The Balaban J connectivity index is 0.909. The van der Waals surface area contributed by atoms with Crippen LogP contribution in [0.5, 0.6) is 0 Å². The van der Waals surface area contributed by atoms with Gasteiger partial charge in [-0.2, -0.15) is 0 Å². The summed E-state index contributed by atoms with van der Waals surface area (Å²) in [5.41, 5.74) is 0. The smallest absolute Gasteiger partial charge is 0.0704 e. The monoisotopic (exact) mass is 1490 g/mol. The van der Waals surface area contributed by atoms with Crippen molar-refractivity contribution in [2.45, 2.75) is 345 Å². The van der Waals surface area contributed by atoms with Crippen LogP contribution in [0, 0.1) is 59.2 Å². The second kappa shape index (κ2) is 54.1. The van der Waals surface area contributed by atoms with E-state index in [2.05, 4.69) is 56.4 Å².